The van der Waals surface area contributed by atoms with Crippen molar-refractivity contribution >= 4 is 17.0 Å². The molecule has 1 rings (SSSR count). The van der Waals surface area contributed by atoms with Crippen molar-refractivity contribution in [1.82, 2.24) is 9.80 Å². The summed E-state index contributed by atoms with van der Waals surface area (Å²) in [5.74, 6) is 0. The fourth-order valence-corrected chi connectivity index (χ4v) is 1.63. The largest absolute Gasteiger partial charge is 0.359 e. The zero-order valence-electron chi connectivity index (χ0n) is 9.69. The number of hydrogen-bond acceptors (Lipinski definition) is 3. The predicted octanol–water partition coefficient (Wildman–Crippen LogP) is 2.15. The Balaban J connectivity index is 0.00000196. The van der Waals surface area contributed by atoms with Gasteiger partial charge in [-0.25, -0.2) is 0 Å². The maximum absolute atomic E-state index is 5.46. The van der Waals surface area contributed by atoms with Gasteiger partial charge in [-0.3, -0.25) is 0 Å². The van der Waals surface area contributed by atoms with Gasteiger partial charge in [0.15, 0.2) is 0 Å². The van der Waals surface area contributed by atoms with Crippen LogP contribution in [0.3, 0.4) is 0 Å². The van der Waals surface area contributed by atoms with Gasteiger partial charge in [0.05, 0.1) is 6.67 Å². The molecule has 0 aromatic carbocycles. The van der Waals surface area contributed by atoms with Crippen molar-refractivity contribution in [1.29, 1.82) is 0 Å². The zero-order valence-corrected chi connectivity index (χ0v) is 11.4. The van der Waals surface area contributed by atoms with Crippen molar-refractivity contribution < 1.29 is 0 Å². The smallest absolute Gasteiger partial charge is 0.0893 e. The van der Waals surface area contributed by atoms with Crippen molar-refractivity contribution in [3.8, 4) is 0 Å². The van der Waals surface area contributed by atoms with Crippen molar-refractivity contribution in [3.05, 3.63) is 12.4 Å². The second kappa shape index (κ2) is 9.04. The van der Waals surface area contributed by atoms with Crippen LogP contribution in [0.1, 0.15) is 32.6 Å². The zero-order chi connectivity index (χ0) is 10.2. The molecule has 0 spiro atoms. The molecule has 0 aliphatic carbocycles. The Morgan fingerprint density at radius 1 is 1.07 bits per heavy atom. The van der Waals surface area contributed by atoms with Crippen LogP contribution in [-0.4, -0.2) is 36.1 Å². The summed E-state index contributed by atoms with van der Waals surface area (Å²) in [5.41, 5.74) is 5.46. The topological polar surface area (TPSA) is 32.5 Å². The highest BCUT2D eigenvalue weighted by atomic mass is 79.9. The van der Waals surface area contributed by atoms with Crippen LogP contribution in [0.25, 0.3) is 0 Å². The van der Waals surface area contributed by atoms with Gasteiger partial charge in [0.2, 0.25) is 0 Å². The summed E-state index contributed by atoms with van der Waals surface area (Å²) in [6.07, 6.45) is 9.32. The highest BCUT2D eigenvalue weighted by molar-refractivity contribution is 8.93. The summed E-state index contributed by atoms with van der Waals surface area (Å²) in [5, 5.41) is 0. The lowest BCUT2D eigenvalue weighted by Gasteiger charge is -2.20. The lowest BCUT2D eigenvalue weighted by Crippen LogP contribution is -2.26. The third kappa shape index (κ3) is 6.05. The summed E-state index contributed by atoms with van der Waals surface area (Å²) < 4.78 is 0. The van der Waals surface area contributed by atoms with E-state index in [9.17, 15) is 0 Å². The molecule has 0 bridgehead atoms. The van der Waals surface area contributed by atoms with Crippen molar-refractivity contribution in [2.45, 2.75) is 32.6 Å². The maximum Gasteiger partial charge on any atom is 0.0893 e. The highest BCUT2D eigenvalue weighted by Crippen LogP contribution is 2.08. The molecule has 90 valence electrons. The first-order valence-corrected chi connectivity index (χ1v) is 5.73. The fourth-order valence-electron chi connectivity index (χ4n) is 1.63. The van der Waals surface area contributed by atoms with E-state index in [1.54, 1.807) is 0 Å². The Bertz CT molecular complexity index is 173. The van der Waals surface area contributed by atoms with Gasteiger partial charge in [-0.2, -0.15) is 0 Å². The van der Waals surface area contributed by atoms with Gasteiger partial charge >= 0.3 is 0 Å². The molecule has 0 saturated heterocycles. The fraction of sp³-hybridized carbons (Fsp3) is 0.818. The van der Waals surface area contributed by atoms with E-state index >= 15 is 0 Å². The number of nitrogens with zero attached hydrogens (tertiary/aromatic N) is 2. The third-order valence-corrected chi connectivity index (χ3v) is 2.55. The van der Waals surface area contributed by atoms with Crippen LogP contribution in [0.2, 0.25) is 0 Å². The van der Waals surface area contributed by atoms with Crippen LogP contribution in [-0.2, 0) is 0 Å². The summed E-state index contributed by atoms with van der Waals surface area (Å²) in [4.78, 5) is 4.75. The first-order chi connectivity index (χ1) is 6.86. The van der Waals surface area contributed by atoms with E-state index in [1.807, 2.05) is 0 Å². The summed E-state index contributed by atoms with van der Waals surface area (Å²) in [6, 6.07) is 0. The standard InChI is InChI=1S/C11H23N3.BrH/c1-2-3-7-13-9-10-14(11-13)8-5-4-6-12;/h9-10H,2-8,11-12H2,1H3;1H. The van der Waals surface area contributed by atoms with Crippen molar-refractivity contribution in [2.24, 2.45) is 5.73 Å². The molecular weight excluding hydrogens is 254 g/mol. The highest BCUT2D eigenvalue weighted by Gasteiger charge is 2.10. The molecule has 1 heterocycles. The third-order valence-electron chi connectivity index (χ3n) is 2.55. The lowest BCUT2D eigenvalue weighted by molar-refractivity contribution is 0.259. The van der Waals surface area contributed by atoms with Crippen LogP contribution < -0.4 is 5.73 Å². The molecule has 0 aromatic heterocycles. The van der Waals surface area contributed by atoms with Gasteiger partial charge in [-0.1, -0.05) is 13.3 Å². The van der Waals surface area contributed by atoms with Gasteiger partial charge in [0, 0.05) is 25.5 Å². The summed E-state index contributed by atoms with van der Waals surface area (Å²) in [7, 11) is 0. The minimum Gasteiger partial charge on any atom is -0.359 e. The molecule has 1 aliphatic heterocycles. The Kier molecular flexibility index (Phi) is 8.91. The number of hydrogen-bond donors (Lipinski definition) is 1. The average Bonchev–Trinajstić information content (AvgIpc) is 2.63. The average molecular weight is 278 g/mol. The minimum atomic E-state index is 0. The quantitative estimate of drug-likeness (QED) is 0.724. The van der Waals surface area contributed by atoms with E-state index in [1.165, 1.54) is 25.8 Å². The van der Waals surface area contributed by atoms with Crippen LogP contribution >= 0.6 is 17.0 Å². The monoisotopic (exact) mass is 277 g/mol. The van der Waals surface area contributed by atoms with Crippen molar-refractivity contribution in [3.63, 3.8) is 0 Å². The number of unbranched alkanes of at least 4 members (excludes halogenated alkanes) is 2. The SMILES string of the molecule is Br.CCCCN1C=CN(CCCCN)C1. The van der Waals surface area contributed by atoms with Crippen LogP contribution in [0.4, 0.5) is 0 Å². The number of nitrogens with two attached hydrogens (primary N) is 1. The van der Waals surface area contributed by atoms with E-state index in [2.05, 4.69) is 29.1 Å². The Morgan fingerprint density at radius 3 is 2.20 bits per heavy atom. The van der Waals surface area contributed by atoms with Crippen LogP contribution in [0.5, 0.6) is 0 Å². The molecule has 0 fully saturated rings. The van der Waals surface area contributed by atoms with E-state index in [4.69, 9.17) is 5.73 Å². The molecule has 0 radical (unpaired) electrons. The molecule has 15 heavy (non-hydrogen) atoms. The van der Waals surface area contributed by atoms with E-state index < -0.39 is 0 Å². The lowest BCUT2D eigenvalue weighted by atomic mass is 10.3. The van der Waals surface area contributed by atoms with Gasteiger partial charge < -0.3 is 15.5 Å². The van der Waals surface area contributed by atoms with Gasteiger partial charge in [0.25, 0.3) is 0 Å². The molecule has 4 heteroatoms. The first-order valence-electron chi connectivity index (χ1n) is 5.73. The molecule has 1 aliphatic rings. The molecule has 0 aromatic rings. The summed E-state index contributed by atoms with van der Waals surface area (Å²) in [6.45, 7) is 6.47. The Morgan fingerprint density at radius 2 is 1.67 bits per heavy atom. The van der Waals surface area contributed by atoms with Crippen LogP contribution in [0, 0.1) is 0 Å². The Hall–Kier alpha value is -0.220. The first kappa shape index (κ1) is 14.8. The van der Waals surface area contributed by atoms with E-state index in [0.717, 1.165) is 26.2 Å². The number of rotatable bonds is 7. The van der Waals surface area contributed by atoms with Gasteiger partial charge in [0.1, 0.15) is 0 Å². The molecule has 3 nitrogen and oxygen atoms in total. The Labute approximate surface area is 104 Å². The number of halogens is 1. The van der Waals surface area contributed by atoms with E-state index in [0.29, 0.717) is 0 Å². The maximum atomic E-state index is 5.46. The molecule has 2 N–H and O–H groups in total. The van der Waals surface area contributed by atoms with Crippen LogP contribution in [0.15, 0.2) is 12.4 Å². The second-order valence-corrected chi connectivity index (χ2v) is 3.91. The molecular formula is C11H24BrN3. The summed E-state index contributed by atoms with van der Waals surface area (Å²) >= 11 is 0. The minimum absolute atomic E-state index is 0. The molecule has 0 saturated carbocycles. The molecule has 0 amide bonds. The van der Waals surface area contributed by atoms with Gasteiger partial charge in [-0.15, -0.1) is 17.0 Å². The second-order valence-electron chi connectivity index (χ2n) is 3.91. The normalized spacial score (nSPS) is 14.5. The van der Waals surface area contributed by atoms with Gasteiger partial charge in [-0.05, 0) is 25.8 Å². The van der Waals surface area contributed by atoms with Crippen molar-refractivity contribution in [2.75, 3.05) is 26.3 Å². The predicted molar refractivity (Wildman–Crippen MR) is 70.9 cm³/mol. The molecule has 0 atom stereocenters. The van der Waals surface area contributed by atoms with E-state index in [-0.39, 0.29) is 17.0 Å². The molecule has 0 unspecified atom stereocenters.